The summed E-state index contributed by atoms with van der Waals surface area (Å²) >= 11 is 6.02. The van der Waals surface area contributed by atoms with Crippen molar-refractivity contribution in [1.29, 1.82) is 0 Å². The van der Waals surface area contributed by atoms with Gasteiger partial charge in [-0.2, -0.15) is 0 Å². The van der Waals surface area contributed by atoms with Gasteiger partial charge in [0.25, 0.3) is 0 Å². The summed E-state index contributed by atoms with van der Waals surface area (Å²) in [7, 11) is 0. The van der Waals surface area contributed by atoms with Crippen molar-refractivity contribution in [2.75, 3.05) is 11.1 Å². The van der Waals surface area contributed by atoms with Gasteiger partial charge in [-0.05, 0) is 42.5 Å². The lowest BCUT2D eigenvalue weighted by molar-refractivity contribution is -0.114. The Morgan fingerprint density at radius 3 is 2.30 bits per heavy atom. The highest BCUT2D eigenvalue weighted by Crippen LogP contribution is 2.22. The molecule has 2 aromatic carbocycles. The first-order chi connectivity index (χ1) is 9.47. The minimum atomic E-state index is -0.190. The van der Waals surface area contributed by atoms with E-state index >= 15 is 0 Å². The highest BCUT2D eigenvalue weighted by molar-refractivity contribution is 6.35. The van der Waals surface area contributed by atoms with Crippen LogP contribution in [0.4, 0.5) is 11.4 Å². The molecule has 0 aliphatic carbocycles. The molecule has 2 aromatic rings. The number of amides is 1. The molecule has 0 saturated carbocycles. The van der Waals surface area contributed by atoms with E-state index in [-0.39, 0.29) is 11.7 Å². The zero-order valence-corrected chi connectivity index (χ0v) is 11.6. The first-order valence-electron chi connectivity index (χ1n) is 5.95. The molecular formula is C15H13ClN2O2. The Morgan fingerprint density at radius 2 is 1.75 bits per heavy atom. The van der Waals surface area contributed by atoms with Gasteiger partial charge in [-0.1, -0.05) is 11.6 Å². The van der Waals surface area contributed by atoms with Crippen molar-refractivity contribution in [1.82, 2.24) is 0 Å². The summed E-state index contributed by atoms with van der Waals surface area (Å²) in [5, 5.41) is 2.96. The summed E-state index contributed by atoms with van der Waals surface area (Å²) in [5.74, 6) is -0.352. The molecular weight excluding hydrogens is 276 g/mol. The van der Waals surface area contributed by atoms with Crippen molar-refractivity contribution >= 4 is 34.7 Å². The lowest BCUT2D eigenvalue weighted by Gasteiger charge is -2.06. The SMILES string of the molecule is CC(=O)Nc1ccc(C(=O)c2ccc(N)cc2Cl)cc1. The molecule has 20 heavy (non-hydrogen) atoms. The Balaban J connectivity index is 2.27. The fraction of sp³-hybridized carbons (Fsp3) is 0.0667. The zero-order valence-electron chi connectivity index (χ0n) is 10.8. The van der Waals surface area contributed by atoms with Gasteiger partial charge in [0, 0.05) is 29.4 Å². The molecule has 0 bridgehead atoms. The number of nitrogens with two attached hydrogens (primary N) is 1. The van der Waals surface area contributed by atoms with E-state index in [0.717, 1.165) is 0 Å². The number of nitrogen functional groups attached to an aromatic ring is 1. The van der Waals surface area contributed by atoms with Gasteiger partial charge in [0.15, 0.2) is 5.78 Å². The van der Waals surface area contributed by atoms with Gasteiger partial charge in [-0.15, -0.1) is 0 Å². The Morgan fingerprint density at radius 1 is 1.10 bits per heavy atom. The Bertz CT molecular complexity index is 666. The van der Waals surface area contributed by atoms with E-state index in [4.69, 9.17) is 17.3 Å². The number of hydrogen-bond donors (Lipinski definition) is 2. The van der Waals surface area contributed by atoms with Crippen LogP contribution < -0.4 is 11.1 Å². The summed E-state index contributed by atoms with van der Waals surface area (Å²) in [5.41, 5.74) is 7.63. The van der Waals surface area contributed by atoms with Crippen LogP contribution in [0, 0.1) is 0 Å². The average molecular weight is 289 g/mol. The predicted molar refractivity (Wildman–Crippen MR) is 80.0 cm³/mol. The van der Waals surface area contributed by atoms with E-state index in [9.17, 15) is 9.59 Å². The lowest BCUT2D eigenvalue weighted by atomic mass is 10.0. The molecule has 0 fully saturated rings. The molecule has 102 valence electrons. The molecule has 4 nitrogen and oxygen atoms in total. The normalized spacial score (nSPS) is 10.1. The molecule has 0 atom stereocenters. The summed E-state index contributed by atoms with van der Waals surface area (Å²) in [6.45, 7) is 1.42. The van der Waals surface area contributed by atoms with E-state index in [1.807, 2.05) is 0 Å². The van der Waals surface area contributed by atoms with Crippen LogP contribution in [0.25, 0.3) is 0 Å². The minimum absolute atomic E-state index is 0.161. The van der Waals surface area contributed by atoms with Gasteiger partial charge in [-0.25, -0.2) is 0 Å². The van der Waals surface area contributed by atoms with Crippen molar-refractivity contribution in [2.24, 2.45) is 0 Å². The van der Waals surface area contributed by atoms with E-state index in [1.165, 1.54) is 6.92 Å². The fourth-order valence-electron chi connectivity index (χ4n) is 1.78. The molecule has 5 heteroatoms. The molecule has 2 rings (SSSR count). The van der Waals surface area contributed by atoms with Crippen molar-refractivity contribution in [3.63, 3.8) is 0 Å². The maximum absolute atomic E-state index is 12.3. The minimum Gasteiger partial charge on any atom is -0.399 e. The monoisotopic (exact) mass is 288 g/mol. The van der Waals surface area contributed by atoms with Crippen LogP contribution in [0.15, 0.2) is 42.5 Å². The number of benzene rings is 2. The summed E-state index contributed by atoms with van der Waals surface area (Å²) in [6.07, 6.45) is 0. The van der Waals surface area contributed by atoms with Crippen LogP contribution in [0.2, 0.25) is 5.02 Å². The zero-order chi connectivity index (χ0) is 14.7. The maximum atomic E-state index is 12.3. The van der Waals surface area contributed by atoms with Crippen LogP contribution in [-0.4, -0.2) is 11.7 Å². The van der Waals surface area contributed by atoms with Gasteiger partial charge in [0.05, 0.1) is 5.02 Å². The van der Waals surface area contributed by atoms with E-state index in [1.54, 1.807) is 42.5 Å². The number of carbonyl (C=O) groups is 2. The third-order valence-corrected chi connectivity index (χ3v) is 3.02. The molecule has 0 radical (unpaired) electrons. The Kier molecular flexibility index (Phi) is 4.05. The number of halogens is 1. The van der Waals surface area contributed by atoms with Gasteiger partial charge in [-0.3, -0.25) is 9.59 Å². The number of rotatable bonds is 3. The van der Waals surface area contributed by atoms with E-state index in [2.05, 4.69) is 5.32 Å². The predicted octanol–water partition coefficient (Wildman–Crippen LogP) is 3.11. The van der Waals surface area contributed by atoms with Crippen LogP contribution in [0.1, 0.15) is 22.8 Å². The summed E-state index contributed by atoms with van der Waals surface area (Å²) < 4.78 is 0. The Labute approximate surface area is 121 Å². The molecule has 1 amide bonds. The number of carbonyl (C=O) groups excluding carboxylic acids is 2. The standard InChI is InChI=1S/C15H13ClN2O2/c1-9(19)18-12-5-2-10(3-6-12)15(20)13-7-4-11(17)8-14(13)16/h2-8H,17H2,1H3,(H,18,19). The van der Waals surface area contributed by atoms with Gasteiger partial charge in [0.1, 0.15) is 0 Å². The molecule has 0 aliphatic heterocycles. The van der Waals surface area contributed by atoms with Gasteiger partial charge < -0.3 is 11.1 Å². The van der Waals surface area contributed by atoms with E-state index in [0.29, 0.717) is 27.5 Å². The molecule has 3 N–H and O–H groups in total. The fourth-order valence-corrected chi connectivity index (χ4v) is 2.05. The largest absolute Gasteiger partial charge is 0.399 e. The lowest BCUT2D eigenvalue weighted by Crippen LogP contribution is -2.07. The third-order valence-electron chi connectivity index (χ3n) is 2.71. The molecule has 0 heterocycles. The van der Waals surface area contributed by atoms with Crippen molar-refractivity contribution < 1.29 is 9.59 Å². The van der Waals surface area contributed by atoms with Gasteiger partial charge in [0.2, 0.25) is 5.91 Å². The molecule has 0 aliphatic rings. The van der Waals surface area contributed by atoms with Crippen molar-refractivity contribution in [3.8, 4) is 0 Å². The number of nitrogens with one attached hydrogen (secondary N) is 1. The molecule has 0 aromatic heterocycles. The van der Waals surface area contributed by atoms with Crippen molar-refractivity contribution in [2.45, 2.75) is 6.92 Å². The number of ketones is 1. The van der Waals surface area contributed by atoms with Crippen LogP contribution >= 0.6 is 11.6 Å². The van der Waals surface area contributed by atoms with Crippen LogP contribution in [0.3, 0.4) is 0 Å². The third kappa shape index (κ3) is 3.16. The summed E-state index contributed by atoms with van der Waals surface area (Å²) in [4.78, 5) is 23.2. The highest BCUT2D eigenvalue weighted by atomic mass is 35.5. The smallest absolute Gasteiger partial charge is 0.221 e. The molecule has 0 unspecified atom stereocenters. The second-order valence-electron chi connectivity index (χ2n) is 4.33. The van der Waals surface area contributed by atoms with Gasteiger partial charge >= 0.3 is 0 Å². The first kappa shape index (κ1) is 14.1. The Hall–Kier alpha value is -2.33. The highest BCUT2D eigenvalue weighted by Gasteiger charge is 2.13. The average Bonchev–Trinajstić information content (AvgIpc) is 2.38. The van der Waals surface area contributed by atoms with E-state index < -0.39 is 0 Å². The van der Waals surface area contributed by atoms with Crippen LogP contribution in [-0.2, 0) is 4.79 Å². The maximum Gasteiger partial charge on any atom is 0.221 e. The first-order valence-corrected chi connectivity index (χ1v) is 6.32. The summed E-state index contributed by atoms with van der Waals surface area (Å²) in [6, 6.07) is 11.4. The molecule has 0 spiro atoms. The second kappa shape index (κ2) is 5.75. The molecule has 0 saturated heterocycles. The van der Waals surface area contributed by atoms with Crippen molar-refractivity contribution in [3.05, 3.63) is 58.6 Å². The number of hydrogen-bond acceptors (Lipinski definition) is 3. The number of anilines is 2. The quantitative estimate of drug-likeness (QED) is 0.673. The second-order valence-corrected chi connectivity index (χ2v) is 4.73. The van der Waals surface area contributed by atoms with Crippen LogP contribution in [0.5, 0.6) is 0 Å². The topological polar surface area (TPSA) is 72.2 Å².